The monoisotopic (exact) mass is 259 g/mol. The van der Waals surface area contributed by atoms with Gasteiger partial charge >= 0.3 is 0 Å². The van der Waals surface area contributed by atoms with Gasteiger partial charge < -0.3 is 10.2 Å². The third-order valence-electron chi connectivity index (χ3n) is 3.38. The van der Waals surface area contributed by atoms with Crippen LogP contribution in [-0.2, 0) is 6.54 Å². The molecule has 102 valence electrons. The van der Waals surface area contributed by atoms with Gasteiger partial charge in [-0.3, -0.25) is 9.88 Å². The van der Waals surface area contributed by atoms with E-state index in [0.29, 0.717) is 0 Å². The van der Waals surface area contributed by atoms with Crippen molar-refractivity contribution in [2.45, 2.75) is 32.5 Å². The molecule has 0 aliphatic rings. The van der Waals surface area contributed by atoms with Crippen LogP contribution in [-0.4, -0.2) is 23.0 Å². The normalized spacial score (nSPS) is 14.6. The fraction of sp³-hybridized carbons (Fsp3) is 0.400. The predicted molar refractivity (Wildman–Crippen MR) is 75.5 cm³/mol. The lowest BCUT2D eigenvalue weighted by molar-refractivity contribution is 0.209. The minimum atomic E-state index is 0.0291. The van der Waals surface area contributed by atoms with Crippen LogP contribution in [0.2, 0.25) is 0 Å². The van der Waals surface area contributed by atoms with E-state index in [1.165, 1.54) is 5.56 Å². The maximum Gasteiger partial charge on any atom is 0.105 e. The average molecular weight is 259 g/mol. The molecular formula is C15H21N3O. The quantitative estimate of drug-likeness (QED) is 0.896. The Labute approximate surface area is 114 Å². The van der Waals surface area contributed by atoms with Gasteiger partial charge in [-0.05, 0) is 38.6 Å². The Morgan fingerprint density at radius 2 is 2.21 bits per heavy atom. The molecule has 0 aliphatic carbocycles. The van der Waals surface area contributed by atoms with E-state index < -0.39 is 0 Å². The van der Waals surface area contributed by atoms with E-state index in [9.17, 15) is 0 Å². The van der Waals surface area contributed by atoms with Crippen LogP contribution in [0.1, 0.15) is 29.9 Å². The molecular weight excluding hydrogens is 238 g/mol. The van der Waals surface area contributed by atoms with Gasteiger partial charge in [-0.1, -0.05) is 6.07 Å². The van der Waals surface area contributed by atoms with Crippen molar-refractivity contribution in [2.75, 3.05) is 7.05 Å². The molecule has 2 rings (SSSR count). The number of aromatic nitrogens is 1. The Morgan fingerprint density at radius 1 is 1.42 bits per heavy atom. The SMILES string of the molecule is Cc1occc1CN(C)C(c1cccnc1)C(C)N. The fourth-order valence-electron chi connectivity index (χ4n) is 2.45. The van der Waals surface area contributed by atoms with E-state index in [1.54, 1.807) is 12.5 Å². The summed E-state index contributed by atoms with van der Waals surface area (Å²) in [5, 5.41) is 0. The summed E-state index contributed by atoms with van der Waals surface area (Å²) in [6.45, 7) is 4.81. The van der Waals surface area contributed by atoms with Gasteiger partial charge in [0, 0.05) is 30.5 Å². The zero-order valence-corrected chi connectivity index (χ0v) is 11.7. The van der Waals surface area contributed by atoms with Crippen molar-refractivity contribution in [3.63, 3.8) is 0 Å². The first-order valence-corrected chi connectivity index (χ1v) is 6.48. The Kier molecular flexibility index (Phi) is 4.35. The van der Waals surface area contributed by atoms with Crippen LogP contribution < -0.4 is 5.73 Å². The van der Waals surface area contributed by atoms with Gasteiger partial charge in [-0.15, -0.1) is 0 Å². The molecule has 0 bridgehead atoms. The van der Waals surface area contributed by atoms with Crippen LogP contribution in [0.4, 0.5) is 0 Å². The van der Waals surface area contributed by atoms with E-state index in [0.717, 1.165) is 17.9 Å². The van der Waals surface area contributed by atoms with E-state index >= 15 is 0 Å². The van der Waals surface area contributed by atoms with E-state index in [-0.39, 0.29) is 12.1 Å². The summed E-state index contributed by atoms with van der Waals surface area (Å²) in [6.07, 6.45) is 5.39. The standard InChI is InChI=1S/C15H21N3O/c1-11(16)15(13-5-4-7-17-9-13)18(3)10-14-6-8-19-12(14)2/h4-9,11,15H,10,16H2,1-3H3. The van der Waals surface area contributed by atoms with Crippen LogP contribution in [0.15, 0.2) is 41.3 Å². The van der Waals surface area contributed by atoms with Crippen LogP contribution in [0.25, 0.3) is 0 Å². The number of nitrogens with two attached hydrogens (primary N) is 1. The number of rotatable bonds is 5. The molecule has 0 amide bonds. The summed E-state index contributed by atoms with van der Waals surface area (Å²) >= 11 is 0. The summed E-state index contributed by atoms with van der Waals surface area (Å²) in [6, 6.07) is 6.19. The van der Waals surface area contributed by atoms with E-state index in [2.05, 4.69) is 23.0 Å². The van der Waals surface area contributed by atoms with Crippen molar-refractivity contribution in [3.8, 4) is 0 Å². The summed E-state index contributed by atoms with van der Waals surface area (Å²) < 4.78 is 5.34. The highest BCUT2D eigenvalue weighted by atomic mass is 16.3. The van der Waals surface area contributed by atoms with Gasteiger partial charge in [0.05, 0.1) is 12.3 Å². The first kappa shape index (κ1) is 13.8. The molecule has 2 aromatic rings. The first-order valence-electron chi connectivity index (χ1n) is 6.48. The zero-order valence-electron chi connectivity index (χ0n) is 11.7. The smallest absolute Gasteiger partial charge is 0.105 e. The molecule has 2 aromatic heterocycles. The number of hydrogen-bond donors (Lipinski definition) is 1. The molecule has 0 saturated heterocycles. The number of likely N-dealkylation sites (N-methyl/N-ethyl adjacent to an activating group) is 1. The van der Waals surface area contributed by atoms with Crippen LogP contribution in [0.5, 0.6) is 0 Å². The van der Waals surface area contributed by atoms with Gasteiger partial charge in [-0.2, -0.15) is 0 Å². The van der Waals surface area contributed by atoms with Crippen LogP contribution in [0.3, 0.4) is 0 Å². The lowest BCUT2D eigenvalue weighted by Gasteiger charge is -2.31. The molecule has 2 N–H and O–H groups in total. The summed E-state index contributed by atoms with van der Waals surface area (Å²) in [7, 11) is 2.08. The second-order valence-corrected chi connectivity index (χ2v) is 5.01. The van der Waals surface area contributed by atoms with Gasteiger partial charge in [0.25, 0.3) is 0 Å². The highest BCUT2D eigenvalue weighted by Gasteiger charge is 2.22. The summed E-state index contributed by atoms with van der Waals surface area (Å²) in [5.74, 6) is 0.960. The molecule has 0 saturated carbocycles. The molecule has 0 spiro atoms. The first-order chi connectivity index (χ1) is 9.09. The van der Waals surface area contributed by atoms with Gasteiger partial charge in [0.2, 0.25) is 0 Å². The predicted octanol–water partition coefficient (Wildman–Crippen LogP) is 2.50. The maximum absolute atomic E-state index is 6.14. The fourth-order valence-corrected chi connectivity index (χ4v) is 2.45. The molecule has 0 aromatic carbocycles. The summed E-state index contributed by atoms with van der Waals surface area (Å²) in [4.78, 5) is 6.42. The minimum Gasteiger partial charge on any atom is -0.469 e. The second kappa shape index (κ2) is 5.99. The third kappa shape index (κ3) is 3.22. The maximum atomic E-state index is 6.14. The zero-order chi connectivity index (χ0) is 13.8. The second-order valence-electron chi connectivity index (χ2n) is 5.01. The van der Waals surface area contributed by atoms with Gasteiger partial charge in [0.1, 0.15) is 5.76 Å². The van der Waals surface area contributed by atoms with Crippen molar-refractivity contribution in [1.29, 1.82) is 0 Å². The van der Waals surface area contributed by atoms with Gasteiger partial charge in [0.15, 0.2) is 0 Å². The molecule has 2 atom stereocenters. The number of furan rings is 1. The van der Waals surface area contributed by atoms with Crippen LogP contribution in [0, 0.1) is 6.92 Å². The Balaban J connectivity index is 2.18. The molecule has 2 unspecified atom stereocenters. The molecule has 2 heterocycles. The van der Waals surface area contributed by atoms with E-state index in [1.807, 2.05) is 32.2 Å². The molecule has 4 heteroatoms. The van der Waals surface area contributed by atoms with E-state index in [4.69, 9.17) is 10.2 Å². The Bertz CT molecular complexity index is 507. The molecule has 4 nitrogen and oxygen atoms in total. The highest BCUT2D eigenvalue weighted by Crippen LogP contribution is 2.24. The number of nitrogens with zero attached hydrogens (tertiary/aromatic N) is 2. The minimum absolute atomic E-state index is 0.0291. The van der Waals surface area contributed by atoms with Crippen molar-refractivity contribution in [2.24, 2.45) is 5.73 Å². The molecule has 0 radical (unpaired) electrons. The number of pyridine rings is 1. The number of hydrogen-bond acceptors (Lipinski definition) is 4. The Hall–Kier alpha value is -1.65. The number of aryl methyl sites for hydroxylation is 1. The van der Waals surface area contributed by atoms with Crippen LogP contribution >= 0.6 is 0 Å². The van der Waals surface area contributed by atoms with Crippen molar-refractivity contribution < 1.29 is 4.42 Å². The molecule has 19 heavy (non-hydrogen) atoms. The molecule has 0 aliphatic heterocycles. The Morgan fingerprint density at radius 3 is 2.74 bits per heavy atom. The van der Waals surface area contributed by atoms with Crippen molar-refractivity contribution >= 4 is 0 Å². The third-order valence-corrected chi connectivity index (χ3v) is 3.38. The lowest BCUT2D eigenvalue weighted by Crippen LogP contribution is -2.37. The lowest BCUT2D eigenvalue weighted by atomic mass is 10.0. The van der Waals surface area contributed by atoms with Crippen molar-refractivity contribution in [3.05, 3.63) is 53.7 Å². The van der Waals surface area contributed by atoms with Crippen molar-refractivity contribution in [1.82, 2.24) is 9.88 Å². The molecule has 0 fully saturated rings. The average Bonchev–Trinajstić information content (AvgIpc) is 2.76. The summed E-state index contributed by atoms with van der Waals surface area (Å²) in [5.41, 5.74) is 8.48. The largest absolute Gasteiger partial charge is 0.469 e. The van der Waals surface area contributed by atoms with Gasteiger partial charge in [-0.25, -0.2) is 0 Å². The topological polar surface area (TPSA) is 55.3 Å². The highest BCUT2D eigenvalue weighted by molar-refractivity contribution is 5.19.